The number of pyridine rings is 1. The largest absolute Gasteiger partial charge is 0.455 e. The molecule has 0 amide bonds. The zero-order valence-corrected chi connectivity index (χ0v) is 15.9. The predicted octanol–water partition coefficient (Wildman–Crippen LogP) is 6.10. The molecule has 5 aromatic rings. The van der Waals surface area contributed by atoms with E-state index in [4.69, 9.17) is 4.42 Å². The third-order valence-electron chi connectivity index (χ3n) is 5.68. The number of aromatic nitrogens is 1. The molecule has 2 aromatic heterocycles. The molecule has 132 valence electrons. The lowest BCUT2D eigenvalue weighted by atomic mass is 9.92. The number of hydrogen-bond donors (Lipinski definition) is 0. The fourth-order valence-corrected chi connectivity index (χ4v) is 4.21. The molecular weight excluding hydrogens is 330 g/mol. The highest BCUT2D eigenvalue weighted by Gasteiger charge is 2.23. The molecule has 27 heavy (non-hydrogen) atoms. The predicted molar refractivity (Wildman–Crippen MR) is 112 cm³/mol. The minimum absolute atomic E-state index is 0.943. The molecule has 0 radical (unpaired) electrons. The highest BCUT2D eigenvalue weighted by atomic mass is 16.3. The summed E-state index contributed by atoms with van der Waals surface area (Å²) in [5.74, 6) is 0. The van der Waals surface area contributed by atoms with E-state index in [0.29, 0.717) is 0 Å². The molecule has 2 heteroatoms. The fraction of sp³-hybridized carbons (Fsp3) is 0.160. The van der Waals surface area contributed by atoms with E-state index in [2.05, 4.69) is 86.3 Å². The lowest BCUT2D eigenvalue weighted by Crippen LogP contribution is -2.30. The molecule has 2 heterocycles. The standard InChI is InChI=1S/C25H22NO/c1-4-17-13-14-26(3)21(15-17)23-16(2)18-9-5-6-10-19(18)24-20-11-7-8-12-22(20)27-25(23)24/h5-15H,4H2,1-3H3/q+1. The Labute approximate surface area is 158 Å². The van der Waals surface area contributed by atoms with Crippen molar-refractivity contribution in [3.63, 3.8) is 0 Å². The van der Waals surface area contributed by atoms with Crippen molar-refractivity contribution in [3.05, 3.63) is 78.0 Å². The van der Waals surface area contributed by atoms with Crippen LogP contribution in [0.2, 0.25) is 0 Å². The molecule has 0 bridgehead atoms. The van der Waals surface area contributed by atoms with Crippen LogP contribution >= 0.6 is 0 Å². The molecule has 0 saturated carbocycles. The number of nitrogens with zero attached hydrogens (tertiary/aromatic N) is 1. The van der Waals surface area contributed by atoms with E-state index < -0.39 is 0 Å². The van der Waals surface area contributed by atoms with E-state index >= 15 is 0 Å². The molecule has 0 N–H and O–H groups in total. The number of para-hydroxylation sites is 1. The smallest absolute Gasteiger partial charge is 0.216 e. The van der Waals surface area contributed by atoms with Gasteiger partial charge in [-0.1, -0.05) is 49.4 Å². The second kappa shape index (κ2) is 5.95. The highest BCUT2D eigenvalue weighted by Crippen LogP contribution is 2.42. The maximum atomic E-state index is 6.44. The molecule has 0 spiro atoms. The number of rotatable bonds is 2. The first-order chi connectivity index (χ1) is 13.2. The summed E-state index contributed by atoms with van der Waals surface area (Å²) >= 11 is 0. The lowest BCUT2D eigenvalue weighted by molar-refractivity contribution is -0.660. The van der Waals surface area contributed by atoms with E-state index in [-0.39, 0.29) is 0 Å². The van der Waals surface area contributed by atoms with E-state index in [1.807, 2.05) is 6.07 Å². The van der Waals surface area contributed by atoms with Crippen molar-refractivity contribution >= 4 is 32.7 Å². The number of furan rings is 1. The SMILES string of the molecule is CCc1cc[n+](C)c(-c2c(C)c3ccccc3c3c2oc2ccccc23)c1. The summed E-state index contributed by atoms with van der Waals surface area (Å²) in [7, 11) is 2.11. The number of hydrogen-bond acceptors (Lipinski definition) is 1. The van der Waals surface area contributed by atoms with Crippen LogP contribution in [-0.2, 0) is 13.5 Å². The first-order valence-corrected chi connectivity index (χ1v) is 9.50. The van der Waals surface area contributed by atoms with Gasteiger partial charge in [-0.2, -0.15) is 0 Å². The van der Waals surface area contributed by atoms with E-state index in [1.165, 1.54) is 43.9 Å². The van der Waals surface area contributed by atoms with Gasteiger partial charge in [-0.05, 0) is 41.3 Å². The molecule has 0 aliphatic rings. The molecule has 3 aromatic carbocycles. The lowest BCUT2D eigenvalue weighted by Gasteiger charge is -2.11. The average Bonchev–Trinajstić information content (AvgIpc) is 3.09. The summed E-state index contributed by atoms with van der Waals surface area (Å²) in [6, 6.07) is 21.5. The monoisotopic (exact) mass is 352 g/mol. The minimum Gasteiger partial charge on any atom is -0.455 e. The first-order valence-electron chi connectivity index (χ1n) is 9.50. The number of aryl methyl sites for hydroxylation is 3. The Balaban J connectivity index is 2.05. The molecule has 0 atom stereocenters. The van der Waals surface area contributed by atoms with Crippen LogP contribution in [0.15, 0.2) is 71.3 Å². The highest BCUT2D eigenvalue weighted by molar-refractivity contribution is 6.23. The van der Waals surface area contributed by atoms with Crippen molar-refractivity contribution in [2.45, 2.75) is 20.3 Å². The van der Waals surface area contributed by atoms with Crippen molar-refractivity contribution in [1.29, 1.82) is 0 Å². The van der Waals surface area contributed by atoms with E-state index in [0.717, 1.165) is 17.6 Å². The van der Waals surface area contributed by atoms with E-state index in [1.54, 1.807) is 0 Å². The Morgan fingerprint density at radius 2 is 1.59 bits per heavy atom. The number of benzene rings is 3. The zero-order valence-electron chi connectivity index (χ0n) is 15.9. The van der Waals surface area contributed by atoms with Gasteiger partial charge < -0.3 is 4.42 Å². The average molecular weight is 352 g/mol. The second-order valence-electron chi connectivity index (χ2n) is 7.23. The van der Waals surface area contributed by atoms with Gasteiger partial charge in [-0.3, -0.25) is 0 Å². The normalized spacial score (nSPS) is 11.7. The fourth-order valence-electron chi connectivity index (χ4n) is 4.21. The van der Waals surface area contributed by atoms with E-state index in [9.17, 15) is 0 Å². The third kappa shape index (κ3) is 2.30. The van der Waals surface area contributed by atoms with Crippen LogP contribution in [0, 0.1) is 6.92 Å². The van der Waals surface area contributed by atoms with Gasteiger partial charge >= 0.3 is 0 Å². The topological polar surface area (TPSA) is 17.0 Å². The van der Waals surface area contributed by atoms with Gasteiger partial charge in [0.2, 0.25) is 5.69 Å². The van der Waals surface area contributed by atoms with Crippen LogP contribution in [0.1, 0.15) is 18.1 Å². The van der Waals surface area contributed by atoms with Gasteiger partial charge in [0, 0.05) is 22.9 Å². The zero-order chi connectivity index (χ0) is 18.5. The van der Waals surface area contributed by atoms with Gasteiger partial charge in [0.25, 0.3) is 0 Å². The molecule has 5 rings (SSSR count). The second-order valence-corrected chi connectivity index (χ2v) is 7.23. The van der Waals surface area contributed by atoms with Crippen LogP contribution in [-0.4, -0.2) is 0 Å². The summed E-state index contributed by atoms with van der Waals surface area (Å²) in [6.45, 7) is 4.41. The van der Waals surface area contributed by atoms with Gasteiger partial charge in [0.05, 0.1) is 5.56 Å². The Kier molecular flexibility index (Phi) is 3.54. The molecule has 0 saturated heterocycles. The number of fused-ring (bicyclic) bond motifs is 5. The van der Waals surface area contributed by atoms with Gasteiger partial charge in [-0.25, -0.2) is 4.57 Å². The first kappa shape index (κ1) is 16.1. The van der Waals surface area contributed by atoms with Gasteiger partial charge in [0.1, 0.15) is 18.2 Å². The Bertz CT molecular complexity index is 1330. The van der Waals surface area contributed by atoms with Crippen LogP contribution in [0.5, 0.6) is 0 Å². The van der Waals surface area contributed by atoms with Crippen LogP contribution in [0.3, 0.4) is 0 Å². The van der Waals surface area contributed by atoms with Gasteiger partial charge in [-0.15, -0.1) is 0 Å². The molecule has 0 aliphatic carbocycles. The quantitative estimate of drug-likeness (QED) is 0.351. The molecule has 0 fully saturated rings. The summed E-state index contributed by atoms with van der Waals surface area (Å²) in [4.78, 5) is 0. The summed E-state index contributed by atoms with van der Waals surface area (Å²) in [6.07, 6.45) is 3.17. The maximum Gasteiger partial charge on any atom is 0.216 e. The van der Waals surface area contributed by atoms with Gasteiger partial charge in [0.15, 0.2) is 6.20 Å². The van der Waals surface area contributed by atoms with Crippen molar-refractivity contribution in [2.24, 2.45) is 7.05 Å². The summed E-state index contributed by atoms with van der Waals surface area (Å²) < 4.78 is 8.64. The van der Waals surface area contributed by atoms with Crippen molar-refractivity contribution in [2.75, 3.05) is 0 Å². The van der Waals surface area contributed by atoms with Crippen molar-refractivity contribution in [3.8, 4) is 11.3 Å². The summed E-state index contributed by atoms with van der Waals surface area (Å²) in [5, 5.41) is 4.93. The van der Waals surface area contributed by atoms with Crippen LogP contribution in [0.25, 0.3) is 44.0 Å². The Hall–Kier alpha value is -3.13. The summed E-state index contributed by atoms with van der Waals surface area (Å²) in [5.41, 5.74) is 6.91. The van der Waals surface area contributed by atoms with Crippen LogP contribution < -0.4 is 4.57 Å². The molecular formula is C25H22NO+. The third-order valence-corrected chi connectivity index (χ3v) is 5.68. The molecule has 0 unspecified atom stereocenters. The minimum atomic E-state index is 0.943. The molecule has 0 aliphatic heterocycles. The van der Waals surface area contributed by atoms with Crippen molar-refractivity contribution in [1.82, 2.24) is 0 Å². The van der Waals surface area contributed by atoms with Crippen molar-refractivity contribution < 1.29 is 8.98 Å². The maximum absolute atomic E-state index is 6.44. The molecule has 2 nitrogen and oxygen atoms in total. The van der Waals surface area contributed by atoms with Crippen LogP contribution in [0.4, 0.5) is 0 Å². The Morgan fingerprint density at radius 3 is 2.37 bits per heavy atom. The Morgan fingerprint density at radius 1 is 0.889 bits per heavy atom.